The molecular formula is C19H16FNO2S. The third kappa shape index (κ3) is 2.76. The number of furan rings is 1. The first-order valence-corrected chi connectivity index (χ1v) is 8.70. The summed E-state index contributed by atoms with van der Waals surface area (Å²) in [5, 5.41) is 5.08. The van der Waals surface area contributed by atoms with E-state index >= 15 is 0 Å². The first-order chi connectivity index (χ1) is 11.7. The second-order valence-corrected chi connectivity index (χ2v) is 7.08. The van der Waals surface area contributed by atoms with E-state index in [2.05, 4.69) is 16.8 Å². The van der Waals surface area contributed by atoms with Crippen molar-refractivity contribution in [3.05, 3.63) is 70.6 Å². The Labute approximate surface area is 143 Å². The molecule has 24 heavy (non-hydrogen) atoms. The highest BCUT2D eigenvalue weighted by Gasteiger charge is 2.51. The zero-order valence-corrected chi connectivity index (χ0v) is 13.7. The molecule has 0 spiro atoms. The van der Waals surface area contributed by atoms with Gasteiger partial charge in [0.25, 0.3) is 0 Å². The maximum atomic E-state index is 13.1. The molecule has 0 radical (unpaired) electrons. The summed E-state index contributed by atoms with van der Waals surface area (Å²) in [6, 6.07) is 10.2. The molecule has 4 rings (SSSR count). The molecule has 1 N–H and O–H groups in total. The molecule has 0 bridgehead atoms. The summed E-state index contributed by atoms with van der Waals surface area (Å²) in [4.78, 5) is 13.7. The molecule has 122 valence electrons. The Morgan fingerprint density at radius 2 is 2.00 bits per heavy atom. The average Bonchev–Trinajstić information content (AvgIpc) is 3.00. The van der Waals surface area contributed by atoms with Crippen molar-refractivity contribution >= 4 is 17.2 Å². The molecule has 2 heterocycles. The summed E-state index contributed by atoms with van der Waals surface area (Å²) in [5.41, 5.74) is 2.55. The van der Waals surface area contributed by atoms with Crippen molar-refractivity contribution in [1.82, 2.24) is 5.32 Å². The van der Waals surface area contributed by atoms with Crippen LogP contribution in [0.3, 0.4) is 0 Å². The monoisotopic (exact) mass is 341 g/mol. The first kappa shape index (κ1) is 15.1. The van der Waals surface area contributed by atoms with Crippen LogP contribution in [0.5, 0.6) is 0 Å². The van der Waals surface area contributed by atoms with Crippen LogP contribution in [0.4, 0.5) is 4.39 Å². The first-order valence-electron chi connectivity index (χ1n) is 7.82. The summed E-state index contributed by atoms with van der Waals surface area (Å²) in [5.74, 6) is -0.257. The van der Waals surface area contributed by atoms with Gasteiger partial charge in [0.2, 0.25) is 5.91 Å². The van der Waals surface area contributed by atoms with E-state index in [0.717, 1.165) is 34.4 Å². The van der Waals surface area contributed by atoms with Crippen LogP contribution >= 0.6 is 11.3 Å². The Morgan fingerprint density at radius 3 is 2.67 bits per heavy atom. The molecule has 1 aliphatic carbocycles. The summed E-state index contributed by atoms with van der Waals surface area (Å²) >= 11 is 1.61. The normalized spacial score (nSPS) is 15.2. The number of nitrogens with one attached hydrogen (secondary N) is 1. The van der Waals surface area contributed by atoms with Crippen LogP contribution in [0.1, 0.15) is 23.3 Å². The van der Waals surface area contributed by atoms with E-state index in [1.54, 1.807) is 36.0 Å². The Kier molecular flexibility index (Phi) is 3.73. The highest BCUT2D eigenvalue weighted by atomic mass is 32.1. The maximum Gasteiger partial charge on any atom is 0.230 e. The smallest absolute Gasteiger partial charge is 0.230 e. The molecule has 2 aromatic heterocycles. The van der Waals surface area contributed by atoms with Crippen LogP contribution < -0.4 is 5.32 Å². The molecular weight excluding hydrogens is 325 g/mol. The van der Waals surface area contributed by atoms with Crippen molar-refractivity contribution in [2.45, 2.75) is 24.8 Å². The van der Waals surface area contributed by atoms with E-state index < -0.39 is 5.41 Å². The largest absolute Gasteiger partial charge is 0.472 e. The lowest BCUT2D eigenvalue weighted by atomic mass is 9.95. The molecule has 1 amide bonds. The summed E-state index contributed by atoms with van der Waals surface area (Å²) < 4.78 is 18.2. The van der Waals surface area contributed by atoms with Crippen LogP contribution in [0, 0.1) is 5.82 Å². The lowest BCUT2D eigenvalue weighted by molar-refractivity contribution is -0.123. The maximum absolute atomic E-state index is 13.1. The SMILES string of the molecule is O=C(NCc1cc(-c2ccoc2)cs1)C1(c2ccc(F)cc2)CC1. The van der Waals surface area contributed by atoms with E-state index in [1.807, 2.05) is 6.07 Å². The molecule has 3 nitrogen and oxygen atoms in total. The third-order valence-electron chi connectivity index (χ3n) is 4.51. The van der Waals surface area contributed by atoms with Gasteiger partial charge in [-0.25, -0.2) is 4.39 Å². The third-order valence-corrected chi connectivity index (χ3v) is 5.45. The fourth-order valence-corrected chi connectivity index (χ4v) is 3.76. The van der Waals surface area contributed by atoms with Crippen LogP contribution in [0.25, 0.3) is 11.1 Å². The molecule has 0 unspecified atom stereocenters. The predicted molar refractivity (Wildman–Crippen MR) is 91.2 cm³/mol. The number of hydrogen-bond acceptors (Lipinski definition) is 3. The lowest BCUT2D eigenvalue weighted by Gasteiger charge is -2.15. The Balaban J connectivity index is 1.43. The molecule has 1 fully saturated rings. The van der Waals surface area contributed by atoms with Gasteiger partial charge >= 0.3 is 0 Å². The number of rotatable bonds is 5. The minimum absolute atomic E-state index is 0.0207. The average molecular weight is 341 g/mol. The minimum Gasteiger partial charge on any atom is -0.472 e. The fourth-order valence-electron chi connectivity index (χ4n) is 2.93. The highest BCUT2D eigenvalue weighted by molar-refractivity contribution is 7.10. The predicted octanol–water partition coefficient (Wildman–Crippen LogP) is 4.50. The van der Waals surface area contributed by atoms with Gasteiger partial charge in [-0.05, 0) is 53.6 Å². The Morgan fingerprint density at radius 1 is 1.21 bits per heavy atom. The highest BCUT2D eigenvalue weighted by Crippen LogP contribution is 2.48. The van der Waals surface area contributed by atoms with Crippen molar-refractivity contribution in [2.75, 3.05) is 0 Å². The minimum atomic E-state index is -0.474. The van der Waals surface area contributed by atoms with Gasteiger partial charge in [0, 0.05) is 10.4 Å². The van der Waals surface area contributed by atoms with E-state index in [9.17, 15) is 9.18 Å². The number of carbonyl (C=O) groups is 1. The zero-order chi connectivity index (χ0) is 16.6. The zero-order valence-electron chi connectivity index (χ0n) is 12.9. The quantitative estimate of drug-likeness (QED) is 0.743. The number of amides is 1. The molecule has 0 saturated heterocycles. The molecule has 5 heteroatoms. The number of hydrogen-bond donors (Lipinski definition) is 1. The van der Waals surface area contributed by atoms with Crippen LogP contribution in [-0.2, 0) is 16.8 Å². The van der Waals surface area contributed by atoms with E-state index in [4.69, 9.17) is 4.42 Å². The van der Waals surface area contributed by atoms with Crippen LogP contribution in [0.15, 0.2) is 58.7 Å². The van der Waals surface area contributed by atoms with Crippen molar-refractivity contribution in [2.24, 2.45) is 0 Å². The van der Waals surface area contributed by atoms with Gasteiger partial charge in [0.1, 0.15) is 5.82 Å². The van der Waals surface area contributed by atoms with Crippen LogP contribution in [0.2, 0.25) is 0 Å². The standard InChI is InChI=1S/C19H16FNO2S/c20-16-3-1-15(2-4-16)19(6-7-19)18(22)21-10-17-9-14(12-24-17)13-5-8-23-11-13/h1-5,8-9,11-12H,6-7,10H2,(H,21,22). The molecule has 1 aliphatic rings. The number of benzene rings is 1. The van der Waals surface area contributed by atoms with Gasteiger partial charge < -0.3 is 9.73 Å². The molecule has 3 aromatic rings. The van der Waals surface area contributed by atoms with Gasteiger partial charge in [-0.1, -0.05) is 12.1 Å². The fraction of sp³-hybridized carbons (Fsp3) is 0.211. The van der Waals surface area contributed by atoms with E-state index in [1.165, 1.54) is 12.1 Å². The van der Waals surface area contributed by atoms with Gasteiger partial charge in [0.05, 0.1) is 24.5 Å². The Bertz CT molecular complexity index is 848. The van der Waals surface area contributed by atoms with Crippen molar-refractivity contribution in [3.8, 4) is 11.1 Å². The van der Waals surface area contributed by atoms with E-state index in [0.29, 0.717) is 6.54 Å². The molecule has 0 atom stereocenters. The Hall–Kier alpha value is -2.40. The summed E-state index contributed by atoms with van der Waals surface area (Å²) in [6.07, 6.45) is 4.98. The second kappa shape index (κ2) is 5.91. The number of carbonyl (C=O) groups excluding carboxylic acids is 1. The van der Waals surface area contributed by atoms with Crippen LogP contribution in [-0.4, -0.2) is 5.91 Å². The molecule has 0 aliphatic heterocycles. The van der Waals surface area contributed by atoms with Crippen molar-refractivity contribution in [3.63, 3.8) is 0 Å². The van der Waals surface area contributed by atoms with Gasteiger partial charge in [-0.15, -0.1) is 11.3 Å². The van der Waals surface area contributed by atoms with Gasteiger partial charge in [-0.3, -0.25) is 4.79 Å². The summed E-state index contributed by atoms with van der Waals surface area (Å²) in [6.45, 7) is 0.504. The number of thiophene rings is 1. The lowest BCUT2D eigenvalue weighted by Crippen LogP contribution is -2.34. The van der Waals surface area contributed by atoms with E-state index in [-0.39, 0.29) is 11.7 Å². The topological polar surface area (TPSA) is 42.2 Å². The number of halogens is 1. The molecule has 1 saturated carbocycles. The molecule has 1 aromatic carbocycles. The van der Waals surface area contributed by atoms with Crippen molar-refractivity contribution < 1.29 is 13.6 Å². The van der Waals surface area contributed by atoms with Gasteiger partial charge in [-0.2, -0.15) is 0 Å². The van der Waals surface area contributed by atoms with Crippen molar-refractivity contribution in [1.29, 1.82) is 0 Å². The summed E-state index contributed by atoms with van der Waals surface area (Å²) in [7, 11) is 0. The van der Waals surface area contributed by atoms with Gasteiger partial charge in [0.15, 0.2) is 0 Å². The second-order valence-electron chi connectivity index (χ2n) is 6.09.